The highest BCUT2D eigenvalue weighted by molar-refractivity contribution is 5.76. The third-order valence-corrected chi connectivity index (χ3v) is 1.09. The van der Waals surface area contributed by atoms with Gasteiger partial charge in [-0.25, -0.2) is 13.6 Å². The van der Waals surface area contributed by atoms with Gasteiger partial charge in [-0.2, -0.15) is 4.39 Å². The first kappa shape index (κ1) is 11.2. The Kier molecular flexibility index (Phi) is 4.02. The average molecular weight is 186 g/mol. The van der Waals surface area contributed by atoms with Crippen molar-refractivity contribution in [2.24, 2.45) is 0 Å². The van der Waals surface area contributed by atoms with Gasteiger partial charge in [-0.05, 0) is 6.42 Å². The van der Waals surface area contributed by atoms with E-state index < -0.39 is 18.2 Å². The quantitative estimate of drug-likeness (QED) is 0.706. The number of hydrogen-bond donors (Lipinski definition) is 1. The topological polar surface area (TPSA) is 46.5 Å². The van der Waals surface area contributed by atoms with E-state index in [1.165, 1.54) is 0 Å². The van der Waals surface area contributed by atoms with Crippen LogP contribution in [0, 0.1) is 0 Å². The van der Waals surface area contributed by atoms with Crippen LogP contribution in [0.5, 0.6) is 0 Å². The SMILES string of the molecule is CCCOC(F)(C(=O)O)C(F)F. The van der Waals surface area contributed by atoms with Gasteiger partial charge >= 0.3 is 18.2 Å². The minimum Gasteiger partial charge on any atom is -0.477 e. The van der Waals surface area contributed by atoms with Crippen molar-refractivity contribution < 1.29 is 27.8 Å². The molecule has 1 N–H and O–H groups in total. The van der Waals surface area contributed by atoms with Crippen molar-refractivity contribution in [1.29, 1.82) is 0 Å². The van der Waals surface area contributed by atoms with Gasteiger partial charge in [-0.15, -0.1) is 0 Å². The lowest BCUT2D eigenvalue weighted by atomic mass is 10.3. The maximum atomic E-state index is 12.7. The summed E-state index contributed by atoms with van der Waals surface area (Å²) in [5.74, 6) is -6.17. The van der Waals surface area contributed by atoms with Crippen LogP contribution in [0.4, 0.5) is 13.2 Å². The van der Waals surface area contributed by atoms with E-state index in [2.05, 4.69) is 4.74 Å². The molecule has 0 rings (SSSR count). The Hall–Kier alpha value is -0.780. The Bertz CT molecular complexity index is 162. The van der Waals surface area contributed by atoms with Gasteiger partial charge in [0.1, 0.15) is 0 Å². The summed E-state index contributed by atoms with van der Waals surface area (Å²) in [6.07, 6.45) is -3.41. The summed E-state index contributed by atoms with van der Waals surface area (Å²) < 4.78 is 40.1. The standard InChI is InChI=1S/C6H9F3O3/c1-2-3-12-6(9,4(7)8)5(10)11/h4H,2-3H2,1H3,(H,10,11). The molecule has 0 aliphatic carbocycles. The van der Waals surface area contributed by atoms with Crippen LogP contribution in [-0.2, 0) is 9.53 Å². The number of ether oxygens (including phenoxy) is 1. The van der Waals surface area contributed by atoms with E-state index in [1.807, 2.05) is 0 Å². The molecule has 3 nitrogen and oxygen atoms in total. The van der Waals surface area contributed by atoms with Gasteiger partial charge in [0.05, 0.1) is 6.61 Å². The molecule has 0 radical (unpaired) electrons. The average Bonchev–Trinajstić information content (AvgIpc) is 1.99. The van der Waals surface area contributed by atoms with Crippen molar-refractivity contribution in [3.05, 3.63) is 0 Å². The minimum absolute atomic E-state index is 0.270. The normalized spacial score (nSPS) is 16.1. The Balaban J connectivity index is 4.29. The lowest BCUT2D eigenvalue weighted by Crippen LogP contribution is -2.44. The van der Waals surface area contributed by atoms with Gasteiger partial charge in [0.15, 0.2) is 0 Å². The number of hydrogen-bond acceptors (Lipinski definition) is 2. The molecule has 1 unspecified atom stereocenters. The highest BCUT2D eigenvalue weighted by Gasteiger charge is 2.50. The van der Waals surface area contributed by atoms with Crippen LogP contribution in [0.3, 0.4) is 0 Å². The van der Waals surface area contributed by atoms with Crippen LogP contribution >= 0.6 is 0 Å². The van der Waals surface area contributed by atoms with E-state index >= 15 is 0 Å². The Morgan fingerprint density at radius 1 is 1.67 bits per heavy atom. The van der Waals surface area contributed by atoms with Gasteiger partial charge in [-0.3, -0.25) is 0 Å². The number of alkyl halides is 3. The third-order valence-electron chi connectivity index (χ3n) is 1.09. The monoisotopic (exact) mass is 186 g/mol. The molecule has 72 valence electrons. The molecule has 0 fully saturated rings. The first-order chi connectivity index (χ1) is 5.45. The maximum absolute atomic E-state index is 12.7. The number of aliphatic carboxylic acids is 1. The number of carbonyl (C=O) groups is 1. The van der Waals surface area contributed by atoms with E-state index in [4.69, 9.17) is 5.11 Å². The lowest BCUT2D eigenvalue weighted by molar-refractivity contribution is -0.233. The fourth-order valence-electron chi connectivity index (χ4n) is 0.469. The molecule has 0 heterocycles. The van der Waals surface area contributed by atoms with E-state index in [-0.39, 0.29) is 13.0 Å². The number of rotatable bonds is 5. The van der Waals surface area contributed by atoms with Gasteiger partial charge in [0.2, 0.25) is 0 Å². The highest BCUT2D eigenvalue weighted by atomic mass is 19.3. The van der Waals surface area contributed by atoms with Gasteiger partial charge in [0.25, 0.3) is 0 Å². The summed E-state index contributed by atoms with van der Waals surface area (Å²) in [5.41, 5.74) is 0. The predicted molar refractivity (Wildman–Crippen MR) is 33.7 cm³/mol. The highest BCUT2D eigenvalue weighted by Crippen LogP contribution is 2.23. The first-order valence-electron chi connectivity index (χ1n) is 3.29. The second-order valence-electron chi connectivity index (χ2n) is 2.10. The van der Waals surface area contributed by atoms with Crippen LogP contribution in [0.25, 0.3) is 0 Å². The molecular formula is C6H9F3O3. The summed E-state index contributed by atoms with van der Waals surface area (Å²) in [7, 11) is 0. The van der Waals surface area contributed by atoms with Crippen LogP contribution in [0.15, 0.2) is 0 Å². The van der Waals surface area contributed by atoms with E-state index in [9.17, 15) is 18.0 Å². The second-order valence-corrected chi connectivity index (χ2v) is 2.10. The molecule has 0 aliphatic heterocycles. The lowest BCUT2D eigenvalue weighted by Gasteiger charge is -2.19. The van der Waals surface area contributed by atoms with Crippen molar-refractivity contribution in [2.75, 3.05) is 6.61 Å². The summed E-state index contributed by atoms with van der Waals surface area (Å²) in [6, 6.07) is 0. The summed E-state index contributed by atoms with van der Waals surface area (Å²) in [5, 5.41) is 8.05. The Morgan fingerprint density at radius 3 is 2.42 bits per heavy atom. The van der Waals surface area contributed by atoms with Crippen LogP contribution in [0.1, 0.15) is 13.3 Å². The van der Waals surface area contributed by atoms with Crippen LogP contribution in [0.2, 0.25) is 0 Å². The Morgan fingerprint density at radius 2 is 2.17 bits per heavy atom. The van der Waals surface area contributed by atoms with Crippen molar-refractivity contribution >= 4 is 5.97 Å². The molecule has 0 saturated heterocycles. The zero-order valence-electron chi connectivity index (χ0n) is 6.39. The fourth-order valence-corrected chi connectivity index (χ4v) is 0.469. The first-order valence-corrected chi connectivity index (χ1v) is 3.29. The van der Waals surface area contributed by atoms with E-state index in [1.54, 1.807) is 6.92 Å². The fraction of sp³-hybridized carbons (Fsp3) is 0.833. The molecule has 1 atom stereocenters. The Labute approximate surface area is 67.1 Å². The van der Waals surface area contributed by atoms with Gasteiger partial charge in [-0.1, -0.05) is 6.92 Å². The van der Waals surface area contributed by atoms with Crippen LogP contribution in [-0.4, -0.2) is 30.0 Å². The molecule has 0 amide bonds. The maximum Gasteiger partial charge on any atom is 0.375 e. The zero-order chi connectivity index (χ0) is 9.78. The smallest absolute Gasteiger partial charge is 0.375 e. The number of carboxylic acid groups (broad SMARTS) is 1. The summed E-state index contributed by atoms with van der Waals surface area (Å²) >= 11 is 0. The molecule has 0 aromatic carbocycles. The van der Waals surface area contributed by atoms with E-state index in [0.717, 1.165) is 0 Å². The van der Waals surface area contributed by atoms with Gasteiger partial charge < -0.3 is 9.84 Å². The molecule has 0 aromatic heterocycles. The molecule has 0 aliphatic rings. The predicted octanol–water partition coefficient (Wildman–Crippen LogP) is 1.43. The number of carboxylic acids is 1. The van der Waals surface area contributed by atoms with Crippen molar-refractivity contribution in [3.63, 3.8) is 0 Å². The minimum atomic E-state index is -3.87. The van der Waals surface area contributed by atoms with Crippen LogP contribution < -0.4 is 0 Å². The van der Waals surface area contributed by atoms with Crippen molar-refractivity contribution in [2.45, 2.75) is 25.6 Å². The van der Waals surface area contributed by atoms with Gasteiger partial charge in [0, 0.05) is 0 Å². The summed E-state index contributed by atoms with van der Waals surface area (Å²) in [4.78, 5) is 9.99. The molecule has 6 heteroatoms. The van der Waals surface area contributed by atoms with Crippen molar-refractivity contribution in [3.8, 4) is 0 Å². The molecule has 0 aromatic rings. The molecule has 0 bridgehead atoms. The zero-order valence-corrected chi connectivity index (χ0v) is 6.39. The molecule has 0 saturated carbocycles. The third kappa shape index (κ3) is 2.37. The molecule has 0 spiro atoms. The summed E-state index contributed by atoms with van der Waals surface area (Å²) in [6.45, 7) is 1.20. The van der Waals surface area contributed by atoms with Crippen molar-refractivity contribution in [1.82, 2.24) is 0 Å². The largest absolute Gasteiger partial charge is 0.477 e. The number of halogens is 3. The molecular weight excluding hydrogens is 177 g/mol. The van der Waals surface area contributed by atoms with E-state index in [0.29, 0.717) is 0 Å². The second kappa shape index (κ2) is 4.30. The molecule has 12 heavy (non-hydrogen) atoms.